The fraction of sp³-hybridized carbons (Fsp3) is 0. The minimum absolute atomic E-state index is 0.0511. The number of amides is 1. The van der Waals surface area contributed by atoms with Crippen LogP contribution in [-0.4, -0.2) is 21.7 Å². The number of hydrogen-bond acceptors (Lipinski definition) is 3. The Hall–Kier alpha value is -3.86. The predicted octanol–water partition coefficient (Wildman–Crippen LogP) is 3.67. The summed E-state index contributed by atoms with van der Waals surface area (Å²) >= 11 is 0. The number of aromatic hydroxyl groups is 1. The molecule has 1 aliphatic heterocycles. The van der Waals surface area contributed by atoms with Crippen LogP contribution in [0.15, 0.2) is 41.4 Å². The first-order chi connectivity index (χ1) is 12.9. The predicted molar refractivity (Wildman–Crippen MR) is 88.9 cm³/mol. The van der Waals surface area contributed by atoms with Crippen LogP contribution in [0.25, 0.3) is 11.3 Å². The molecule has 0 radical (unpaired) electrons. The van der Waals surface area contributed by atoms with Gasteiger partial charge in [-0.25, -0.2) is 18.2 Å². The van der Waals surface area contributed by atoms with Gasteiger partial charge in [0.15, 0.2) is 23.3 Å². The molecule has 1 amide bonds. The standard InChI is InChI=1S/C19H8F3N3O2/c20-11-5-10(6-12(21)15(11)22)17-14-13(18(26)25-17)16(24-19(14)27)9-3-1-2-8(4-9)7-23/h1-6,25-26H. The number of fused-ring (bicyclic) bond motifs is 1. The quantitative estimate of drug-likeness (QED) is 0.678. The zero-order chi connectivity index (χ0) is 19.3. The Morgan fingerprint density at radius 3 is 2.41 bits per heavy atom. The molecule has 0 atom stereocenters. The number of nitriles is 1. The highest BCUT2D eigenvalue weighted by Gasteiger charge is 2.34. The highest BCUT2D eigenvalue weighted by Crippen LogP contribution is 2.38. The van der Waals surface area contributed by atoms with E-state index in [0.717, 1.165) is 0 Å². The molecule has 0 unspecified atom stereocenters. The molecule has 3 aromatic rings. The lowest BCUT2D eigenvalue weighted by molar-refractivity contribution is 0.101. The Morgan fingerprint density at radius 1 is 1.04 bits per heavy atom. The van der Waals surface area contributed by atoms with E-state index in [1.165, 1.54) is 6.07 Å². The summed E-state index contributed by atoms with van der Waals surface area (Å²) in [5.74, 6) is -5.67. The minimum Gasteiger partial charge on any atom is -0.494 e. The number of benzene rings is 2. The van der Waals surface area contributed by atoms with Gasteiger partial charge in [0, 0.05) is 11.1 Å². The van der Waals surface area contributed by atoms with E-state index < -0.39 is 29.2 Å². The van der Waals surface area contributed by atoms with Crippen molar-refractivity contribution in [2.45, 2.75) is 0 Å². The van der Waals surface area contributed by atoms with Crippen LogP contribution in [0.4, 0.5) is 13.2 Å². The van der Waals surface area contributed by atoms with Crippen LogP contribution in [0, 0.1) is 28.8 Å². The van der Waals surface area contributed by atoms with Crippen molar-refractivity contribution in [3.05, 3.63) is 76.1 Å². The molecule has 5 nitrogen and oxygen atoms in total. The average Bonchev–Trinajstić information content (AvgIpc) is 3.18. The van der Waals surface area contributed by atoms with Crippen LogP contribution in [0.1, 0.15) is 27.0 Å². The van der Waals surface area contributed by atoms with Crippen LogP contribution in [0.2, 0.25) is 0 Å². The highest BCUT2D eigenvalue weighted by atomic mass is 19.2. The third-order valence-corrected chi connectivity index (χ3v) is 4.18. The maximum Gasteiger partial charge on any atom is 0.280 e. The van der Waals surface area contributed by atoms with E-state index in [-0.39, 0.29) is 28.1 Å². The minimum atomic E-state index is -1.64. The molecule has 0 fully saturated rings. The molecule has 0 saturated carbocycles. The fourth-order valence-electron chi connectivity index (χ4n) is 3.01. The van der Waals surface area contributed by atoms with Crippen molar-refractivity contribution in [3.8, 4) is 23.2 Å². The third-order valence-electron chi connectivity index (χ3n) is 4.18. The lowest BCUT2D eigenvalue weighted by atomic mass is 9.99. The van der Waals surface area contributed by atoms with Gasteiger partial charge in [0.05, 0.1) is 34.2 Å². The van der Waals surface area contributed by atoms with Crippen LogP contribution >= 0.6 is 0 Å². The van der Waals surface area contributed by atoms with Gasteiger partial charge in [0.1, 0.15) is 0 Å². The molecule has 0 spiro atoms. The number of nitrogens with one attached hydrogen (secondary N) is 1. The van der Waals surface area contributed by atoms with Gasteiger partial charge in [0.25, 0.3) is 5.91 Å². The van der Waals surface area contributed by atoms with E-state index in [0.29, 0.717) is 23.3 Å². The summed E-state index contributed by atoms with van der Waals surface area (Å²) < 4.78 is 40.4. The topological polar surface area (TPSA) is 89.2 Å². The number of rotatable bonds is 2. The summed E-state index contributed by atoms with van der Waals surface area (Å²) in [6.45, 7) is 0. The number of carbonyl (C=O) groups is 1. The summed E-state index contributed by atoms with van der Waals surface area (Å²) in [5.41, 5.74) is 0.590. The molecule has 2 N–H and O–H groups in total. The smallest absolute Gasteiger partial charge is 0.280 e. The molecule has 8 heteroatoms. The van der Waals surface area contributed by atoms with E-state index >= 15 is 0 Å². The first-order valence-electron chi connectivity index (χ1n) is 7.64. The van der Waals surface area contributed by atoms with Gasteiger partial charge in [0.2, 0.25) is 0 Å². The van der Waals surface area contributed by atoms with Crippen molar-refractivity contribution >= 4 is 11.6 Å². The molecular formula is C19H8F3N3O2. The van der Waals surface area contributed by atoms with Gasteiger partial charge in [-0.05, 0) is 24.3 Å². The maximum absolute atomic E-state index is 13.6. The Labute approximate surface area is 150 Å². The second-order valence-electron chi connectivity index (χ2n) is 5.81. The summed E-state index contributed by atoms with van der Waals surface area (Å²) in [7, 11) is 0. The van der Waals surface area contributed by atoms with E-state index in [1.807, 2.05) is 6.07 Å². The average molecular weight is 367 g/mol. The highest BCUT2D eigenvalue weighted by molar-refractivity contribution is 6.30. The monoisotopic (exact) mass is 367 g/mol. The third kappa shape index (κ3) is 2.48. The zero-order valence-corrected chi connectivity index (χ0v) is 13.3. The lowest BCUT2D eigenvalue weighted by Gasteiger charge is -2.03. The molecule has 27 heavy (non-hydrogen) atoms. The van der Waals surface area contributed by atoms with E-state index in [2.05, 4.69) is 9.98 Å². The van der Waals surface area contributed by atoms with Crippen LogP contribution in [0.3, 0.4) is 0 Å². The largest absolute Gasteiger partial charge is 0.494 e. The second-order valence-corrected chi connectivity index (χ2v) is 5.81. The summed E-state index contributed by atoms with van der Waals surface area (Å²) in [6, 6.07) is 9.64. The van der Waals surface area contributed by atoms with Crippen LogP contribution < -0.4 is 0 Å². The van der Waals surface area contributed by atoms with Crippen molar-refractivity contribution in [2.24, 2.45) is 4.99 Å². The Morgan fingerprint density at radius 2 is 1.74 bits per heavy atom. The van der Waals surface area contributed by atoms with Crippen LogP contribution in [0.5, 0.6) is 5.88 Å². The van der Waals surface area contributed by atoms with Crippen molar-refractivity contribution < 1.29 is 23.1 Å². The normalized spacial score (nSPS) is 12.7. The van der Waals surface area contributed by atoms with Gasteiger partial charge < -0.3 is 10.1 Å². The number of aromatic nitrogens is 1. The van der Waals surface area contributed by atoms with E-state index in [4.69, 9.17) is 5.26 Å². The number of hydrogen-bond donors (Lipinski definition) is 2. The molecule has 0 bridgehead atoms. The summed E-state index contributed by atoms with van der Waals surface area (Å²) in [4.78, 5) is 18.8. The SMILES string of the molecule is N#Cc1cccc(C2=NC(=O)c3c(-c4cc(F)c(F)c(F)c4)[nH]c(O)c32)c1. The number of aromatic amines is 1. The van der Waals surface area contributed by atoms with Gasteiger partial charge in [-0.3, -0.25) is 4.79 Å². The lowest BCUT2D eigenvalue weighted by Crippen LogP contribution is -2.00. The molecule has 1 aliphatic rings. The Balaban J connectivity index is 1.90. The molecular weight excluding hydrogens is 359 g/mol. The molecule has 0 saturated heterocycles. The zero-order valence-electron chi connectivity index (χ0n) is 13.3. The molecule has 132 valence electrons. The van der Waals surface area contributed by atoms with Gasteiger partial charge in [-0.15, -0.1) is 0 Å². The number of H-pyrrole nitrogens is 1. The van der Waals surface area contributed by atoms with Crippen molar-refractivity contribution in [3.63, 3.8) is 0 Å². The number of carbonyl (C=O) groups excluding carboxylic acids is 1. The Bertz CT molecular complexity index is 1180. The second kappa shape index (κ2) is 5.85. The fourth-order valence-corrected chi connectivity index (χ4v) is 3.01. The number of halogens is 3. The summed E-state index contributed by atoms with van der Waals surface area (Å²) in [5, 5.41) is 19.3. The van der Waals surface area contributed by atoms with Crippen molar-refractivity contribution in [1.29, 1.82) is 5.26 Å². The summed E-state index contributed by atoms with van der Waals surface area (Å²) in [6.07, 6.45) is 0. The number of nitrogens with zero attached hydrogens (tertiary/aromatic N) is 2. The number of aliphatic imine (C=N–C) groups is 1. The molecule has 1 aromatic heterocycles. The first kappa shape index (κ1) is 16.6. The molecule has 2 heterocycles. The molecule has 4 rings (SSSR count). The van der Waals surface area contributed by atoms with Crippen LogP contribution in [-0.2, 0) is 0 Å². The first-order valence-corrected chi connectivity index (χ1v) is 7.64. The van der Waals surface area contributed by atoms with Gasteiger partial charge in [-0.1, -0.05) is 12.1 Å². The Kier molecular flexibility index (Phi) is 3.59. The van der Waals surface area contributed by atoms with E-state index in [9.17, 15) is 23.1 Å². The van der Waals surface area contributed by atoms with Crippen molar-refractivity contribution in [2.75, 3.05) is 0 Å². The maximum atomic E-state index is 13.6. The van der Waals surface area contributed by atoms with Gasteiger partial charge >= 0.3 is 0 Å². The van der Waals surface area contributed by atoms with E-state index in [1.54, 1.807) is 18.2 Å². The molecule has 2 aromatic carbocycles. The van der Waals surface area contributed by atoms with Gasteiger partial charge in [-0.2, -0.15) is 5.26 Å². The van der Waals surface area contributed by atoms with Crippen molar-refractivity contribution in [1.82, 2.24) is 4.98 Å². The molecule has 0 aliphatic carbocycles.